The van der Waals surface area contributed by atoms with Gasteiger partial charge in [0.15, 0.2) is 23.9 Å². The van der Waals surface area contributed by atoms with Crippen molar-refractivity contribution in [2.75, 3.05) is 58.5 Å². The van der Waals surface area contributed by atoms with Gasteiger partial charge in [-0.05, 0) is 30.3 Å². The van der Waals surface area contributed by atoms with E-state index in [1.54, 1.807) is 9.80 Å². The van der Waals surface area contributed by atoms with Crippen molar-refractivity contribution < 1.29 is 46.7 Å². The maximum Gasteiger partial charge on any atom is 0.359 e. The molecule has 0 bridgehead atoms. The first-order valence-electron chi connectivity index (χ1n) is 14.8. The number of likely N-dealkylation sites (N-methyl/N-ethyl adjacent to an activating group) is 1. The molecule has 1 saturated carbocycles. The number of carbonyl (C=O) groups is 4. The molecule has 248 valence electrons. The van der Waals surface area contributed by atoms with E-state index in [-0.39, 0.29) is 69.6 Å². The molecule has 12 nitrogen and oxygen atoms in total. The Hall–Kier alpha value is -4.63. The lowest BCUT2D eigenvalue weighted by Crippen LogP contribution is -2.58. The number of imidazole rings is 1. The number of quaternary nitrogens is 1. The Labute approximate surface area is 271 Å². The maximum absolute atomic E-state index is 14.7. The van der Waals surface area contributed by atoms with Gasteiger partial charge in [0, 0.05) is 44.5 Å². The van der Waals surface area contributed by atoms with Crippen LogP contribution < -0.4 is 10.1 Å². The molecule has 4 atom stereocenters. The molecule has 3 aliphatic rings. The van der Waals surface area contributed by atoms with Gasteiger partial charge in [0.05, 0.1) is 42.0 Å². The number of piperazine rings is 1. The number of aromatic nitrogens is 2. The van der Waals surface area contributed by atoms with Crippen molar-refractivity contribution >= 4 is 41.0 Å². The van der Waals surface area contributed by atoms with Crippen LogP contribution in [0, 0.1) is 23.5 Å². The largest absolute Gasteiger partial charge is 0.477 e. The van der Waals surface area contributed by atoms with E-state index in [4.69, 9.17) is 11.6 Å². The Morgan fingerprint density at radius 2 is 1.79 bits per heavy atom. The molecule has 3 amide bonds. The first kappa shape index (κ1) is 32.3. The average Bonchev–Trinajstić information content (AvgIpc) is 3.52. The van der Waals surface area contributed by atoms with E-state index in [1.165, 1.54) is 42.1 Å². The highest BCUT2D eigenvalue weighted by Crippen LogP contribution is 2.57. The van der Waals surface area contributed by atoms with Crippen molar-refractivity contribution in [2.24, 2.45) is 18.9 Å². The predicted octanol–water partition coefficient (Wildman–Crippen LogP) is 3.02. The van der Waals surface area contributed by atoms with Gasteiger partial charge < -0.3 is 34.0 Å². The fraction of sp³-hybridized carbons (Fsp3) is 0.387. The normalized spacial score (nSPS) is 23.1. The second-order valence-electron chi connectivity index (χ2n) is 12.2. The first-order chi connectivity index (χ1) is 22.3. The number of carbonyl (C=O) groups excluding carboxylic acids is 3. The van der Waals surface area contributed by atoms with Gasteiger partial charge in [-0.3, -0.25) is 14.4 Å². The third kappa shape index (κ3) is 5.78. The van der Waals surface area contributed by atoms with Gasteiger partial charge >= 0.3 is 5.97 Å². The number of amides is 3. The fourth-order valence-corrected chi connectivity index (χ4v) is 7.20. The quantitative estimate of drug-likeness (QED) is 0.333. The summed E-state index contributed by atoms with van der Waals surface area (Å²) in [6.45, 7) is 0.669. The van der Waals surface area contributed by atoms with Gasteiger partial charge in [-0.1, -0.05) is 11.6 Å². The molecule has 2 N–H and O–H groups in total. The van der Waals surface area contributed by atoms with Crippen LogP contribution in [-0.2, 0) is 16.6 Å². The zero-order valence-electron chi connectivity index (χ0n) is 25.4. The van der Waals surface area contributed by atoms with Crippen LogP contribution in [0.4, 0.5) is 18.9 Å². The van der Waals surface area contributed by atoms with Crippen LogP contribution >= 0.6 is 11.6 Å². The second kappa shape index (κ2) is 12.2. The lowest BCUT2D eigenvalue weighted by atomic mass is 10.1. The zero-order valence-corrected chi connectivity index (χ0v) is 26.1. The third-order valence-corrected chi connectivity index (χ3v) is 9.63. The summed E-state index contributed by atoms with van der Waals surface area (Å²) in [5.74, 6) is -5.22. The molecule has 1 aromatic heterocycles. The van der Waals surface area contributed by atoms with E-state index in [0.717, 1.165) is 6.07 Å². The van der Waals surface area contributed by atoms with Gasteiger partial charge in [-0.2, -0.15) is 4.39 Å². The summed E-state index contributed by atoms with van der Waals surface area (Å²) in [5.41, 5.74) is 0.341. The molecule has 2 aromatic carbocycles. The monoisotopic (exact) mass is 675 g/mol. The molecule has 2 saturated heterocycles. The van der Waals surface area contributed by atoms with Gasteiger partial charge in [0.2, 0.25) is 18.6 Å². The van der Waals surface area contributed by atoms with E-state index in [1.807, 2.05) is 7.05 Å². The Bertz CT molecular complexity index is 1800. The molecular weight excluding hydrogens is 645 g/mol. The molecule has 3 aromatic rings. The van der Waals surface area contributed by atoms with E-state index in [9.17, 15) is 37.5 Å². The minimum Gasteiger partial charge on any atom is -0.477 e. The molecule has 2 aliphatic heterocycles. The van der Waals surface area contributed by atoms with Gasteiger partial charge in [-0.25, -0.2) is 18.6 Å². The predicted molar refractivity (Wildman–Crippen MR) is 161 cm³/mol. The highest BCUT2D eigenvalue weighted by Gasteiger charge is 2.75. The molecule has 0 radical (unpaired) electrons. The van der Waals surface area contributed by atoms with Crippen LogP contribution in [0.2, 0.25) is 5.02 Å². The van der Waals surface area contributed by atoms with Crippen molar-refractivity contribution in [1.82, 2.24) is 19.4 Å². The zero-order chi connectivity index (χ0) is 33.8. The standard InChI is InChI=1S/C31H30ClF3N6O6/c1-38-21(18-5-6-22(47-15-33)26(35)25(18)34)12-36-28(38)29(44)37-16-3-4-17(20(32)11-16)30(45)39-7-9-40(10-8-39)31(46)24-19-13-41(2,27(19)24)14-23(42)43/h3-6,11-12,19,24,27H,7-10,13-15H2,1-2H3,(H-,37,42,43,44,45)/p+1/t19-,24-,27-,41?/m1/s1. The van der Waals surface area contributed by atoms with Crippen molar-refractivity contribution in [2.45, 2.75) is 6.04 Å². The molecule has 3 heterocycles. The number of hydrogen-bond donors (Lipinski definition) is 2. The average molecular weight is 676 g/mol. The van der Waals surface area contributed by atoms with Crippen LogP contribution in [-0.4, -0.2) is 112 Å². The van der Waals surface area contributed by atoms with Crippen LogP contribution in [0.5, 0.6) is 5.75 Å². The summed E-state index contributed by atoms with van der Waals surface area (Å²) < 4.78 is 47.4. The minimum absolute atomic E-state index is 0.000367. The number of ether oxygens (including phenoxy) is 1. The molecule has 6 rings (SSSR count). The lowest BCUT2D eigenvalue weighted by Gasteiger charge is -2.40. The van der Waals surface area contributed by atoms with Crippen molar-refractivity contribution in [1.29, 1.82) is 0 Å². The van der Waals surface area contributed by atoms with E-state index in [2.05, 4.69) is 15.0 Å². The van der Waals surface area contributed by atoms with Crippen molar-refractivity contribution in [3.63, 3.8) is 0 Å². The smallest absolute Gasteiger partial charge is 0.359 e. The summed E-state index contributed by atoms with van der Waals surface area (Å²) in [5, 5.41) is 11.9. The number of aliphatic carboxylic acids is 1. The number of fused-ring (bicyclic) bond motifs is 1. The minimum atomic E-state index is -1.38. The second-order valence-corrected chi connectivity index (χ2v) is 12.6. The van der Waals surface area contributed by atoms with E-state index < -0.39 is 36.1 Å². The number of rotatable bonds is 9. The van der Waals surface area contributed by atoms with Gasteiger partial charge in [0.1, 0.15) is 12.0 Å². The Kier molecular flexibility index (Phi) is 8.38. The lowest BCUT2D eigenvalue weighted by molar-refractivity contribution is -0.947. The summed E-state index contributed by atoms with van der Waals surface area (Å²) in [7, 11) is 3.31. The number of nitrogens with one attached hydrogen (secondary N) is 1. The van der Waals surface area contributed by atoms with E-state index >= 15 is 0 Å². The van der Waals surface area contributed by atoms with Gasteiger partial charge in [0.25, 0.3) is 11.8 Å². The van der Waals surface area contributed by atoms with Gasteiger partial charge in [-0.15, -0.1) is 0 Å². The molecule has 3 fully saturated rings. The third-order valence-electron chi connectivity index (χ3n) is 9.32. The highest BCUT2D eigenvalue weighted by atomic mass is 35.5. The molecular formula is C31H31ClF3N6O6+. The number of hydrogen-bond acceptors (Lipinski definition) is 6. The summed E-state index contributed by atoms with van der Waals surface area (Å²) >= 11 is 6.45. The molecule has 0 spiro atoms. The number of alkyl halides is 1. The Morgan fingerprint density at radius 1 is 1.09 bits per heavy atom. The number of carboxylic acid groups (broad SMARTS) is 1. The first-order valence-corrected chi connectivity index (χ1v) is 15.2. The number of likely N-dealkylation sites (tertiary alicyclic amines) is 1. The molecule has 1 unspecified atom stereocenters. The number of anilines is 1. The van der Waals surface area contributed by atoms with Crippen molar-refractivity contribution in [3.05, 3.63) is 64.6 Å². The Morgan fingerprint density at radius 3 is 2.45 bits per heavy atom. The van der Waals surface area contributed by atoms with Crippen LogP contribution in [0.1, 0.15) is 21.0 Å². The van der Waals surface area contributed by atoms with Crippen LogP contribution in [0.15, 0.2) is 36.5 Å². The SMILES string of the molecule is Cn1c(-c2ccc(OCF)c(F)c2F)cnc1C(=O)Nc1ccc(C(=O)N2CCN(C(=O)[C@@H]3[C@H]4C[N+](C)(CC(=O)O)[C@H]43)CC2)c(Cl)c1. The topological polar surface area (TPSA) is 134 Å². The number of benzene rings is 2. The molecule has 1 aliphatic carbocycles. The summed E-state index contributed by atoms with van der Waals surface area (Å²) in [6, 6.07) is 6.68. The maximum atomic E-state index is 14.7. The number of nitrogens with zero attached hydrogens (tertiary/aromatic N) is 5. The molecule has 47 heavy (non-hydrogen) atoms. The summed E-state index contributed by atoms with van der Waals surface area (Å²) in [6.07, 6.45) is 1.19. The highest BCUT2D eigenvalue weighted by molar-refractivity contribution is 6.34. The number of carboxylic acids is 1. The van der Waals surface area contributed by atoms with Crippen LogP contribution in [0.3, 0.4) is 0 Å². The fourth-order valence-electron chi connectivity index (χ4n) is 6.94. The molecule has 16 heteroatoms. The van der Waals surface area contributed by atoms with E-state index in [0.29, 0.717) is 37.2 Å². The van der Waals surface area contributed by atoms with Crippen LogP contribution in [0.25, 0.3) is 11.3 Å². The number of halogens is 4. The Balaban J connectivity index is 1.06. The summed E-state index contributed by atoms with van der Waals surface area (Å²) in [4.78, 5) is 58.0. The van der Waals surface area contributed by atoms with Crippen molar-refractivity contribution in [3.8, 4) is 17.0 Å².